The number of hydrogen-bond donors (Lipinski definition) is 1. The molecule has 5 heteroatoms. The second-order valence-corrected chi connectivity index (χ2v) is 3.89. The zero-order chi connectivity index (χ0) is 12.7. The second kappa shape index (κ2) is 6.73. The molecule has 0 atom stereocenters. The zero-order valence-corrected chi connectivity index (χ0v) is 10.0. The molecule has 0 aromatic heterocycles. The van der Waals surface area contributed by atoms with Gasteiger partial charge in [0.2, 0.25) is 0 Å². The SMILES string of the molecule is CCCCCCOc1cc([N+](=O)[O-])ccc1N. The lowest BCUT2D eigenvalue weighted by Crippen LogP contribution is -2.01. The van der Waals surface area contributed by atoms with Crippen LogP contribution >= 0.6 is 0 Å². The Morgan fingerprint density at radius 3 is 2.76 bits per heavy atom. The van der Waals surface area contributed by atoms with Crippen molar-refractivity contribution in [3.05, 3.63) is 28.3 Å². The highest BCUT2D eigenvalue weighted by molar-refractivity contribution is 5.57. The molecular formula is C12H18N2O3. The van der Waals surface area contributed by atoms with Crippen molar-refractivity contribution in [2.24, 2.45) is 0 Å². The summed E-state index contributed by atoms with van der Waals surface area (Å²) in [6.07, 6.45) is 4.38. The van der Waals surface area contributed by atoms with E-state index in [4.69, 9.17) is 10.5 Å². The highest BCUT2D eigenvalue weighted by atomic mass is 16.6. The van der Waals surface area contributed by atoms with Crippen molar-refractivity contribution in [3.63, 3.8) is 0 Å². The summed E-state index contributed by atoms with van der Waals surface area (Å²) in [6.45, 7) is 2.69. The second-order valence-electron chi connectivity index (χ2n) is 3.89. The number of nitro benzene ring substituents is 1. The number of hydrogen-bond acceptors (Lipinski definition) is 4. The van der Waals surface area contributed by atoms with Crippen LogP contribution in [-0.2, 0) is 0 Å². The van der Waals surface area contributed by atoms with Crippen molar-refractivity contribution in [1.29, 1.82) is 0 Å². The lowest BCUT2D eigenvalue weighted by atomic mass is 10.2. The van der Waals surface area contributed by atoms with Gasteiger partial charge in [-0.1, -0.05) is 26.2 Å². The quantitative estimate of drug-likeness (QED) is 0.342. The van der Waals surface area contributed by atoms with E-state index in [2.05, 4.69) is 6.92 Å². The molecule has 0 aliphatic carbocycles. The van der Waals surface area contributed by atoms with Gasteiger partial charge in [-0.05, 0) is 12.5 Å². The van der Waals surface area contributed by atoms with E-state index < -0.39 is 4.92 Å². The van der Waals surface area contributed by atoms with E-state index in [9.17, 15) is 10.1 Å². The molecular weight excluding hydrogens is 220 g/mol. The number of non-ortho nitro benzene ring substituents is 1. The standard InChI is InChI=1S/C12H18N2O3/c1-2-3-4-5-8-17-12-9-10(14(15)16)6-7-11(12)13/h6-7,9H,2-5,8,13H2,1H3. The number of benzene rings is 1. The summed E-state index contributed by atoms with van der Waals surface area (Å²) in [5.74, 6) is 0.399. The molecule has 0 spiro atoms. The highest BCUT2D eigenvalue weighted by Gasteiger charge is 2.09. The summed E-state index contributed by atoms with van der Waals surface area (Å²) >= 11 is 0. The summed E-state index contributed by atoms with van der Waals surface area (Å²) in [7, 11) is 0. The molecule has 0 aliphatic heterocycles. The van der Waals surface area contributed by atoms with Crippen LogP contribution in [0.5, 0.6) is 5.75 Å². The average molecular weight is 238 g/mol. The summed E-state index contributed by atoms with van der Waals surface area (Å²) in [6, 6.07) is 4.24. The zero-order valence-electron chi connectivity index (χ0n) is 10.0. The Bertz CT molecular complexity index is 380. The summed E-state index contributed by atoms with van der Waals surface area (Å²) in [5.41, 5.74) is 6.12. The maximum atomic E-state index is 10.6. The maximum absolute atomic E-state index is 10.6. The molecule has 0 unspecified atom stereocenters. The Morgan fingerprint density at radius 1 is 1.35 bits per heavy atom. The normalized spacial score (nSPS) is 10.2. The first-order chi connectivity index (χ1) is 8.15. The van der Waals surface area contributed by atoms with Crippen LogP contribution in [0.2, 0.25) is 0 Å². The minimum absolute atomic E-state index is 0.00255. The van der Waals surface area contributed by atoms with E-state index in [1.807, 2.05) is 0 Å². The number of nitrogens with zero attached hydrogens (tertiary/aromatic N) is 1. The Kier molecular flexibility index (Phi) is 5.26. The maximum Gasteiger partial charge on any atom is 0.273 e. The lowest BCUT2D eigenvalue weighted by Gasteiger charge is -2.08. The third-order valence-corrected chi connectivity index (χ3v) is 2.46. The summed E-state index contributed by atoms with van der Waals surface area (Å²) in [5, 5.41) is 10.6. The van der Waals surface area contributed by atoms with Crippen LogP contribution in [0.3, 0.4) is 0 Å². The van der Waals surface area contributed by atoms with E-state index in [-0.39, 0.29) is 5.69 Å². The first-order valence-corrected chi connectivity index (χ1v) is 5.82. The van der Waals surface area contributed by atoms with Crippen molar-refractivity contribution in [2.45, 2.75) is 32.6 Å². The van der Waals surface area contributed by atoms with E-state index in [1.165, 1.54) is 31.0 Å². The third kappa shape index (κ3) is 4.30. The highest BCUT2D eigenvalue weighted by Crippen LogP contribution is 2.26. The molecule has 5 nitrogen and oxygen atoms in total. The number of nitrogens with two attached hydrogens (primary N) is 1. The third-order valence-electron chi connectivity index (χ3n) is 2.46. The molecule has 1 aromatic rings. The van der Waals surface area contributed by atoms with Crippen LogP contribution in [0.4, 0.5) is 11.4 Å². The molecule has 0 saturated carbocycles. The number of anilines is 1. The van der Waals surface area contributed by atoms with Crippen LogP contribution in [0.1, 0.15) is 32.6 Å². The van der Waals surface area contributed by atoms with Gasteiger partial charge in [0.05, 0.1) is 23.3 Å². The van der Waals surface area contributed by atoms with Gasteiger partial charge < -0.3 is 10.5 Å². The van der Waals surface area contributed by atoms with Gasteiger partial charge in [0.25, 0.3) is 5.69 Å². The van der Waals surface area contributed by atoms with Gasteiger partial charge in [-0.15, -0.1) is 0 Å². The molecule has 0 bridgehead atoms. The van der Waals surface area contributed by atoms with Gasteiger partial charge in [0.15, 0.2) is 0 Å². The number of ether oxygens (including phenoxy) is 1. The van der Waals surface area contributed by atoms with Gasteiger partial charge in [-0.2, -0.15) is 0 Å². The monoisotopic (exact) mass is 238 g/mol. The van der Waals surface area contributed by atoms with Crippen molar-refractivity contribution in [2.75, 3.05) is 12.3 Å². The Morgan fingerprint density at radius 2 is 2.12 bits per heavy atom. The van der Waals surface area contributed by atoms with Crippen LogP contribution in [0, 0.1) is 10.1 Å². The fourth-order valence-corrected chi connectivity index (χ4v) is 1.47. The first-order valence-electron chi connectivity index (χ1n) is 5.82. The summed E-state index contributed by atoms with van der Waals surface area (Å²) in [4.78, 5) is 10.1. The van der Waals surface area contributed by atoms with Crippen LogP contribution < -0.4 is 10.5 Å². The first kappa shape index (κ1) is 13.3. The largest absolute Gasteiger partial charge is 0.491 e. The molecule has 0 aliphatic rings. The molecule has 0 amide bonds. The molecule has 17 heavy (non-hydrogen) atoms. The van der Waals surface area contributed by atoms with Crippen molar-refractivity contribution in [1.82, 2.24) is 0 Å². The minimum Gasteiger partial charge on any atom is -0.491 e. The van der Waals surface area contributed by atoms with Gasteiger partial charge >= 0.3 is 0 Å². The number of unbranched alkanes of at least 4 members (excludes halogenated alkanes) is 3. The Balaban J connectivity index is 2.51. The minimum atomic E-state index is -0.455. The van der Waals surface area contributed by atoms with E-state index in [0.29, 0.717) is 18.0 Å². The van der Waals surface area contributed by atoms with Crippen molar-refractivity contribution >= 4 is 11.4 Å². The fraction of sp³-hybridized carbons (Fsp3) is 0.500. The number of rotatable bonds is 7. The molecule has 0 fully saturated rings. The van der Waals surface area contributed by atoms with Gasteiger partial charge in [-0.3, -0.25) is 10.1 Å². The average Bonchev–Trinajstić information content (AvgIpc) is 2.30. The van der Waals surface area contributed by atoms with Crippen LogP contribution in [0.25, 0.3) is 0 Å². The van der Waals surface area contributed by atoms with Crippen LogP contribution in [-0.4, -0.2) is 11.5 Å². The molecule has 0 saturated heterocycles. The fourth-order valence-electron chi connectivity index (χ4n) is 1.47. The predicted molar refractivity (Wildman–Crippen MR) is 67.1 cm³/mol. The topological polar surface area (TPSA) is 78.4 Å². The Labute approximate surface area is 101 Å². The Hall–Kier alpha value is -1.78. The molecule has 0 heterocycles. The van der Waals surface area contributed by atoms with Crippen LogP contribution in [0.15, 0.2) is 18.2 Å². The molecule has 94 valence electrons. The van der Waals surface area contributed by atoms with E-state index in [0.717, 1.165) is 12.8 Å². The van der Waals surface area contributed by atoms with E-state index in [1.54, 1.807) is 0 Å². The number of nitrogen functional groups attached to an aromatic ring is 1. The smallest absolute Gasteiger partial charge is 0.273 e. The van der Waals surface area contributed by atoms with Crippen molar-refractivity contribution in [3.8, 4) is 5.75 Å². The van der Waals surface area contributed by atoms with E-state index >= 15 is 0 Å². The van der Waals surface area contributed by atoms with Crippen molar-refractivity contribution < 1.29 is 9.66 Å². The molecule has 2 N–H and O–H groups in total. The predicted octanol–water partition coefficient (Wildman–Crippen LogP) is 3.14. The van der Waals surface area contributed by atoms with Gasteiger partial charge in [-0.25, -0.2) is 0 Å². The van der Waals surface area contributed by atoms with Gasteiger partial charge in [0, 0.05) is 6.07 Å². The molecule has 0 radical (unpaired) electrons. The van der Waals surface area contributed by atoms with Gasteiger partial charge in [0.1, 0.15) is 5.75 Å². The molecule has 1 aromatic carbocycles. The lowest BCUT2D eigenvalue weighted by molar-refractivity contribution is -0.384. The molecule has 1 rings (SSSR count). The number of nitro groups is 1. The summed E-state index contributed by atoms with van der Waals surface area (Å²) < 4.78 is 5.44.